The van der Waals surface area contributed by atoms with E-state index in [1.54, 1.807) is 11.3 Å². The minimum Gasteiger partial charge on any atom is -0.326 e. The van der Waals surface area contributed by atoms with Crippen LogP contribution in [-0.2, 0) is 4.79 Å². The minimum atomic E-state index is 0.137. The van der Waals surface area contributed by atoms with Crippen molar-refractivity contribution in [1.82, 2.24) is 9.38 Å². The number of imidazole rings is 1. The molecule has 2 atom stereocenters. The molecule has 106 valence electrons. The Morgan fingerprint density at radius 2 is 2.14 bits per heavy atom. The van der Waals surface area contributed by atoms with E-state index < -0.39 is 0 Å². The first-order valence-electron chi connectivity index (χ1n) is 7.04. The Hall–Kier alpha value is -2.14. The van der Waals surface area contributed by atoms with E-state index >= 15 is 0 Å². The van der Waals surface area contributed by atoms with Crippen LogP contribution in [0.25, 0.3) is 16.2 Å². The molecule has 2 aromatic heterocycles. The zero-order chi connectivity index (χ0) is 14.4. The van der Waals surface area contributed by atoms with Crippen LogP contribution in [0.5, 0.6) is 0 Å². The van der Waals surface area contributed by atoms with E-state index in [2.05, 4.69) is 17.2 Å². The van der Waals surface area contributed by atoms with Gasteiger partial charge in [-0.25, -0.2) is 4.98 Å². The molecule has 1 amide bonds. The van der Waals surface area contributed by atoms with Crippen molar-refractivity contribution in [1.29, 1.82) is 0 Å². The van der Waals surface area contributed by atoms with E-state index in [4.69, 9.17) is 0 Å². The quantitative estimate of drug-likeness (QED) is 0.802. The zero-order valence-corrected chi connectivity index (χ0v) is 12.4. The van der Waals surface area contributed by atoms with Gasteiger partial charge in [-0.1, -0.05) is 19.1 Å². The van der Waals surface area contributed by atoms with Crippen LogP contribution in [0.15, 0.2) is 42.0 Å². The van der Waals surface area contributed by atoms with Gasteiger partial charge in [0.2, 0.25) is 5.91 Å². The summed E-state index contributed by atoms with van der Waals surface area (Å²) >= 11 is 1.62. The van der Waals surface area contributed by atoms with Crippen molar-refractivity contribution in [2.45, 2.75) is 13.3 Å². The van der Waals surface area contributed by atoms with Crippen LogP contribution in [0.4, 0.5) is 5.69 Å². The van der Waals surface area contributed by atoms with Gasteiger partial charge in [0.25, 0.3) is 0 Å². The predicted molar refractivity (Wildman–Crippen MR) is 84.4 cm³/mol. The van der Waals surface area contributed by atoms with Gasteiger partial charge in [-0.15, -0.1) is 11.3 Å². The van der Waals surface area contributed by atoms with Crippen molar-refractivity contribution >= 4 is 27.9 Å². The fraction of sp³-hybridized carbons (Fsp3) is 0.250. The number of nitrogens with one attached hydrogen (secondary N) is 1. The molecule has 3 aromatic rings. The number of carbonyl (C=O) groups excluding carboxylic acids is 1. The molecule has 1 aliphatic rings. The summed E-state index contributed by atoms with van der Waals surface area (Å²) in [7, 11) is 0. The summed E-state index contributed by atoms with van der Waals surface area (Å²) < 4.78 is 2.02. The van der Waals surface area contributed by atoms with Gasteiger partial charge in [0.15, 0.2) is 4.96 Å². The molecular weight excluding hydrogens is 282 g/mol. The summed E-state index contributed by atoms with van der Waals surface area (Å²) in [5, 5.41) is 4.99. The third kappa shape index (κ3) is 2.34. The molecule has 1 saturated carbocycles. The normalized spacial score (nSPS) is 20.6. The van der Waals surface area contributed by atoms with Gasteiger partial charge in [-0.2, -0.15) is 0 Å². The van der Waals surface area contributed by atoms with Gasteiger partial charge in [0, 0.05) is 34.9 Å². The van der Waals surface area contributed by atoms with Gasteiger partial charge in [0.1, 0.15) is 0 Å². The summed E-state index contributed by atoms with van der Waals surface area (Å²) in [6.45, 7) is 2.11. The first kappa shape index (κ1) is 12.6. The molecule has 1 N–H and O–H groups in total. The number of aromatic nitrogens is 2. The SMILES string of the molecule is C[C@@H]1C[C@H]1C(=O)Nc1ccc(-c2cn3ccsc3n2)cc1. The predicted octanol–water partition coefficient (Wildman–Crippen LogP) is 3.66. The van der Waals surface area contributed by atoms with Gasteiger partial charge in [0.05, 0.1) is 5.69 Å². The number of amides is 1. The maximum absolute atomic E-state index is 11.9. The summed E-state index contributed by atoms with van der Waals surface area (Å²) in [6.07, 6.45) is 5.03. The largest absolute Gasteiger partial charge is 0.326 e. The molecule has 0 unspecified atom stereocenters. The summed E-state index contributed by atoms with van der Waals surface area (Å²) in [5.74, 6) is 0.866. The Kier molecular flexibility index (Phi) is 2.82. The lowest BCUT2D eigenvalue weighted by Crippen LogP contribution is -2.14. The Balaban J connectivity index is 1.53. The minimum absolute atomic E-state index is 0.137. The Labute approximate surface area is 126 Å². The second-order valence-corrected chi connectivity index (χ2v) is 6.48. The van der Waals surface area contributed by atoms with Crippen LogP contribution in [-0.4, -0.2) is 15.3 Å². The molecule has 0 aliphatic heterocycles. The molecule has 0 radical (unpaired) electrons. The molecule has 4 rings (SSSR count). The molecular formula is C16H15N3OS. The smallest absolute Gasteiger partial charge is 0.227 e. The molecule has 1 aliphatic carbocycles. The van der Waals surface area contributed by atoms with E-state index in [-0.39, 0.29) is 11.8 Å². The highest BCUT2D eigenvalue weighted by atomic mass is 32.1. The second-order valence-electron chi connectivity index (χ2n) is 5.61. The van der Waals surface area contributed by atoms with E-state index in [1.807, 2.05) is 46.4 Å². The highest BCUT2D eigenvalue weighted by Crippen LogP contribution is 2.38. The average Bonchev–Trinajstić information content (AvgIpc) is 2.87. The lowest BCUT2D eigenvalue weighted by molar-refractivity contribution is -0.117. The molecule has 0 spiro atoms. The van der Waals surface area contributed by atoms with Crippen LogP contribution >= 0.6 is 11.3 Å². The molecule has 21 heavy (non-hydrogen) atoms. The van der Waals surface area contributed by atoms with E-state index in [0.717, 1.165) is 28.3 Å². The zero-order valence-electron chi connectivity index (χ0n) is 11.6. The number of hydrogen-bond acceptors (Lipinski definition) is 3. The maximum Gasteiger partial charge on any atom is 0.227 e. The molecule has 1 fully saturated rings. The number of nitrogens with zero attached hydrogens (tertiary/aromatic N) is 2. The Morgan fingerprint density at radius 1 is 1.38 bits per heavy atom. The lowest BCUT2D eigenvalue weighted by Gasteiger charge is -2.05. The topological polar surface area (TPSA) is 46.4 Å². The monoisotopic (exact) mass is 297 g/mol. The highest BCUT2D eigenvalue weighted by Gasteiger charge is 2.38. The number of fused-ring (bicyclic) bond motifs is 1. The number of rotatable bonds is 3. The molecule has 0 bridgehead atoms. The Morgan fingerprint density at radius 3 is 2.81 bits per heavy atom. The standard InChI is InChI=1S/C16H15N3OS/c1-10-8-13(10)15(20)17-12-4-2-11(3-5-12)14-9-19-6-7-21-16(19)18-14/h2-7,9-10,13H,8H2,1H3,(H,17,20)/t10-,13-/m1/s1. The van der Waals surface area contributed by atoms with Gasteiger partial charge < -0.3 is 5.32 Å². The summed E-state index contributed by atoms with van der Waals surface area (Å²) in [5.41, 5.74) is 2.86. The summed E-state index contributed by atoms with van der Waals surface area (Å²) in [6, 6.07) is 7.87. The molecule has 0 saturated heterocycles. The van der Waals surface area contributed by atoms with Crippen LogP contribution in [0.1, 0.15) is 13.3 Å². The maximum atomic E-state index is 11.9. The first-order chi connectivity index (χ1) is 10.2. The van der Waals surface area contributed by atoms with E-state index in [0.29, 0.717) is 5.92 Å². The number of carbonyl (C=O) groups is 1. The lowest BCUT2D eigenvalue weighted by atomic mass is 10.1. The second kappa shape index (κ2) is 4.70. The van der Waals surface area contributed by atoms with E-state index in [9.17, 15) is 4.79 Å². The van der Waals surface area contributed by atoms with Crippen molar-refractivity contribution < 1.29 is 4.79 Å². The number of hydrogen-bond donors (Lipinski definition) is 1. The van der Waals surface area contributed by atoms with Crippen molar-refractivity contribution in [2.24, 2.45) is 11.8 Å². The van der Waals surface area contributed by atoms with Crippen molar-refractivity contribution in [3.05, 3.63) is 42.0 Å². The molecule has 2 heterocycles. The van der Waals surface area contributed by atoms with Crippen LogP contribution in [0.3, 0.4) is 0 Å². The third-order valence-corrected chi connectivity index (χ3v) is 4.76. The van der Waals surface area contributed by atoms with Crippen LogP contribution in [0, 0.1) is 11.8 Å². The molecule has 4 nitrogen and oxygen atoms in total. The van der Waals surface area contributed by atoms with Gasteiger partial charge in [-0.05, 0) is 24.5 Å². The number of benzene rings is 1. The van der Waals surface area contributed by atoms with E-state index in [1.165, 1.54) is 0 Å². The third-order valence-electron chi connectivity index (χ3n) is 3.99. The average molecular weight is 297 g/mol. The van der Waals surface area contributed by atoms with Crippen LogP contribution < -0.4 is 5.32 Å². The van der Waals surface area contributed by atoms with Gasteiger partial charge in [-0.3, -0.25) is 9.20 Å². The van der Waals surface area contributed by atoms with Crippen LogP contribution in [0.2, 0.25) is 0 Å². The van der Waals surface area contributed by atoms with Crippen molar-refractivity contribution in [3.8, 4) is 11.3 Å². The molecule has 5 heteroatoms. The fourth-order valence-corrected chi connectivity index (χ4v) is 3.21. The number of thiazole rings is 1. The number of anilines is 1. The first-order valence-corrected chi connectivity index (χ1v) is 7.92. The Bertz CT molecular complexity index is 774. The fourth-order valence-electron chi connectivity index (χ4n) is 2.51. The van der Waals surface area contributed by atoms with Gasteiger partial charge >= 0.3 is 0 Å². The molecule has 1 aromatic carbocycles. The summed E-state index contributed by atoms with van der Waals surface area (Å²) in [4.78, 5) is 17.5. The van der Waals surface area contributed by atoms with Crippen molar-refractivity contribution in [2.75, 3.05) is 5.32 Å². The highest BCUT2D eigenvalue weighted by molar-refractivity contribution is 7.15. The van der Waals surface area contributed by atoms with Crippen molar-refractivity contribution in [3.63, 3.8) is 0 Å².